The van der Waals surface area contributed by atoms with Gasteiger partial charge >= 0.3 is 0 Å². The molecular weight excluding hydrogens is 327 g/mol. The molecule has 17 heavy (non-hydrogen) atoms. The van der Waals surface area contributed by atoms with Gasteiger partial charge in [0.05, 0.1) is 15.2 Å². The second-order valence-electron chi connectivity index (χ2n) is 3.20. The van der Waals surface area contributed by atoms with E-state index in [0.29, 0.717) is 21.5 Å². The molecule has 0 aliphatic rings. The molecule has 0 aliphatic heterocycles. The summed E-state index contributed by atoms with van der Waals surface area (Å²) < 4.78 is 6.28. The van der Waals surface area contributed by atoms with Gasteiger partial charge in [-0.15, -0.1) is 0 Å². The minimum Gasteiger partial charge on any atom is -0.434 e. The van der Waals surface area contributed by atoms with Crippen molar-refractivity contribution in [3.63, 3.8) is 0 Å². The molecule has 88 valence electrons. The Bertz CT molecular complexity index is 543. The van der Waals surface area contributed by atoms with E-state index in [0.717, 1.165) is 4.47 Å². The average Bonchev–Trinajstić information content (AvgIpc) is 2.26. The lowest BCUT2D eigenvalue weighted by Gasteiger charge is -2.10. The molecule has 0 radical (unpaired) electrons. The fourth-order valence-corrected chi connectivity index (χ4v) is 2.09. The normalized spacial score (nSPS) is 10.3. The molecule has 0 bridgehead atoms. The van der Waals surface area contributed by atoms with Crippen LogP contribution in [0.1, 0.15) is 0 Å². The van der Waals surface area contributed by atoms with Crippen LogP contribution in [0.15, 0.2) is 34.9 Å². The van der Waals surface area contributed by atoms with Gasteiger partial charge < -0.3 is 10.5 Å². The van der Waals surface area contributed by atoms with Crippen LogP contribution in [0.2, 0.25) is 10.0 Å². The Kier molecular flexibility index (Phi) is 3.76. The standard InChI is InChI=1S/C11H7BrCl2N2O/c12-7-2-1-3-9(15)10(7)17-11-8(14)4-6(13)5-16-11/h1-5H,15H2. The van der Waals surface area contributed by atoms with Crippen LogP contribution >= 0.6 is 39.1 Å². The molecule has 0 aliphatic carbocycles. The van der Waals surface area contributed by atoms with Gasteiger partial charge in [-0.05, 0) is 34.1 Å². The Labute approximate surface area is 117 Å². The van der Waals surface area contributed by atoms with Crippen LogP contribution in [-0.2, 0) is 0 Å². The number of hydrogen-bond acceptors (Lipinski definition) is 3. The lowest BCUT2D eigenvalue weighted by Crippen LogP contribution is -1.95. The number of aromatic nitrogens is 1. The first-order valence-corrected chi connectivity index (χ1v) is 6.15. The molecule has 2 aromatic rings. The van der Waals surface area contributed by atoms with Crippen molar-refractivity contribution in [1.82, 2.24) is 4.98 Å². The summed E-state index contributed by atoms with van der Waals surface area (Å²) in [7, 11) is 0. The van der Waals surface area contributed by atoms with E-state index < -0.39 is 0 Å². The predicted molar refractivity (Wildman–Crippen MR) is 72.9 cm³/mol. The van der Waals surface area contributed by atoms with E-state index >= 15 is 0 Å². The number of nitrogens with zero attached hydrogens (tertiary/aromatic N) is 1. The molecule has 2 rings (SSSR count). The number of pyridine rings is 1. The van der Waals surface area contributed by atoms with Crippen LogP contribution in [-0.4, -0.2) is 4.98 Å². The Hall–Kier alpha value is -0.970. The van der Waals surface area contributed by atoms with E-state index in [-0.39, 0.29) is 5.88 Å². The molecule has 0 amide bonds. The Morgan fingerprint density at radius 1 is 1.29 bits per heavy atom. The fraction of sp³-hybridized carbons (Fsp3) is 0. The molecule has 6 heteroatoms. The maximum absolute atomic E-state index is 5.96. The van der Waals surface area contributed by atoms with Crippen LogP contribution < -0.4 is 10.5 Å². The molecule has 1 aromatic heterocycles. The van der Waals surface area contributed by atoms with Crippen molar-refractivity contribution >= 4 is 44.8 Å². The van der Waals surface area contributed by atoms with Crippen LogP contribution in [0.5, 0.6) is 11.6 Å². The Balaban J connectivity index is 2.38. The average molecular weight is 334 g/mol. The molecule has 2 N–H and O–H groups in total. The van der Waals surface area contributed by atoms with E-state index in [1.54, 1.807) is 12.1 Å². The van der Waals surface area contributed by atoms with Gasteiger partial charge in [0.25, 0.3) is 0 Å². The first-order chi connectivity index (χ1) is 8.08. The van der Waals surface area contributed by atoms with Gasteiger partial charge in [0.2, 0.25) is 5.88 Å². The van der Waals surface area contributed by atoms with Gasteiger partial charge in [0.15, 0.2) is 5.75 Å². The summed E-state index contributed by atoms with van der Waals surface area (Å²) in [5.41, 5.74) is 6.29. The van der Waals surface area contributed by atoms with Crippen molar-refractivity contribution in [1.29, 1.82) is 0 Å². The monoisotopic (exact) mass is 332 g/mol. The Morgan fingerprint density at radius 2 is 2.06 bits per heavy atom. The number of para-hydroxylation sites is 1. The molecule has 0 fully saturated rings. The molecule has 0 saturated carbocycles. The third-order valence-corrected chi connectivity index (χ3v) is 3.07. The number of benzene rings is 1. The summed E-state index contributed by atoms with van der Waals surface area (Å²) >= 11 is 15.0. The predicted octanol–water partition coefficient (Wildman–Crippen LogP) is 4.53. The molecule has 1 heterocycles. The van der Waals surface area contributed by atoms with Gasteiger partial charge in [-0.25, -0.2) is 4.98 Å². The topological polar surface area (TPSA) is 48.1 Å². The van der Waals surface area contributed by atoms with Crippen LogP contribution in [0, 0.1) is 0 Å². The first-order valence-electron chi connectivity index (χ1n) is 4.61. The fourth-order valence-electron chi connectivity index (χ4n) is 1.21. The molecule has 0 spiro atoms. The van der Waals surface area contributed by atoms with Gasteiger partial charge in [-0.1, -0.05) is 29.3 Å². The molecule has 0 saturated heterocycles. The SMILES string of the molecule is Nc1cccc(Br)c1Oc1ncc(Cl)cc1Cl. The smallest absolute Gasteiger partial charge is 0.238 e. The summed E-state index contributed by atoms with van der Waals surface area (Å²) in [5.74, 6) is 0.735. The van der Waals surface area contributed by atoms with Crippen molar-refractivity contribution in [2.75, 3.05) is 5.73 Å². The van der Waals surface area contributed by atoms with Crippen molar-refractivity contribution in [2.45, 2.75) is 0 Å². The van der Waals surface area contributed by atoms with E-state index in [4.69, 9.17) is 33.7 Å². The highest BCUT2D eigenvalue weighted by Gasteiger charge is 2.10. The van der Waals surface area contributed by atoms with E-state index in [1.165, 1.54) is 6.20 Å². The first kappa shape index (κ1) is 12.5. The van der Waals surface area contributed by atoms with Gasteiger partial charge in [-0.3, -0.25) is 0 Å². The number of nitrogens with two attached hydrogens (primary N) is 1. The minimum atomic E-state index is 0.259. The highest BCUT2D eigenvalue weighted by atomic mass is 79.9. The molecule has 1 aromatic carbocycles. The molecule has 0 unspecified atom stereocenters. The number of hydrogen-bond donors (Lipinski definition) is 1. The molecule has 0 atom stereocenters. The Morgan fingerprint density at radius 3 is 2.71 bits per heavy atom. The third-order valence-electron chi connectivity index (χ3n) is 1.97. The third kappa shape index (κ3) is 2.83. The number of anilines is 1. The number of nitrogen functional groups attached to an aromatic ring is 1. The van der Waals surface area contributed by atoms with Crippen molar-refractivity contribution in [3.05, 3.63) is 45.0 Å². The summed E-state index contributed by atoms with van der Waals surface area (Å²) in [5, 5.41) is 0.773. The number of ether oxygens (including phenoxy) is 1. The van der Waals surface area contributed by atoms with Gasteiger partial charge in [0, 0.05) is 6.20 Å². The highest BCUT2D eigenvalue weighted by molar-refractivity contribution is 9.10. The van der Waals surface area contributed by atoms with Crippen LogP contribution in [0.3, 0.4) is 0 Å². The largest absolute Gasteiger partial charge is 0.434 e. The second kappa shape index (κ2) is 5.12. The lowest BCUT2D eigenvalue weighted by molar-refractivity contribution is 0.463. The number of rotatable bonds is 2. The van der Waals surface area contributed by atoms with E-state index in [9.17, 15) is 0 Å². The van der Waals surface area contributed by atoms with E-state index in [2.05, 4.69) is 20.9 Å². The molecular formula is C11H7BrCl2N2O. The summed E-state index contributed by atoms with van der Waals surface area (Å²) in [6.07, 6.45) is 1.45. The number of halogens is 3. The maximum Gasteiger partial charge on any atom is 0.238 e. The lowest BCUT2D eigenvalue weighted by atomic mass is 10.3. The summed E-state index contributed by atoms with van der Waals surface area (Å²) in [6, 6.07) is 6.90. The minimum absolute atomic E-state index is 0.259. The zero-order valence-corrected chi connectivity index (χ0v) is 11.6. The zero-order chi connectivity index (χ0) is 12.4. The second-order valence-corrected chi connectivity index (χ2v) is 4.90. The van der Waals surface area contributed by atoms with Gasteiger partial charge in [-0.2, -0.15) is 0 Å². The molecule has 3 nitrogen and oxygen atoms in total. The summed E-state index contributed by atoms with van der Waals surface area (Å²) in [6.45, 7) is 0. The van der Waals surface area contributed by atoms with Crippen LogP contribution in [0.4, 0.5) is 5.69 Å². The maximum atomic E-state index is 5.96. The van der Waals surface area contributed by atoms with Crippen molar-refractivity contribution < 1.29 is 4.74 Å². The summed E-state index contributed by atoms with van der Waals surface area (Å²) in [4.78, 5) is 3.99. The van der Waals surface area contributed by atoms with Crippen LogP contribution in [0.25, 0.3) is 0 Å². The quantitative estimate of drug-likeness (QED) is 0.821. The zero-order valence-electron chi connectivity index (χ0n) is 8.45. The highest BCUT2D eigenvalue weighted by Crippen LogP contribution is 2.36. The van der Waals surface area contributed by atoms with Gasteiger partial charge in [0.1, 0.15) is 5.02 Å². The van der Waals surface area contributed by atoms with Crippen molar-refractivity contribution in [2.24, 2.45) is 0 Å². The van der Waals surface area contributed by atoms with Crippen molar-refractivity contribution in [3.8, 4) is 11.6 Å². The van der Waals surface area contributed by atoms with E-state index in [1.807, 2.05) is 12.1 Å².